The zero-order chi connectivity index (χ0) is 16.5. The predicted molar refractivity (Wildman–Crippen MR) is 102 cm³/mol. The number of nitrogens with zero attached hydrogens (tertiary/aromatic N) is 3. The molecule has 4 aromatic rings. The summed E-state index contributed by atoms with van der Waals surface area (Å²) < 4.78 is 0. The summed E-state index contributed by atoms with van der Waals surface area (Å²) in [4.78, 5) is 19.7. The van der Waals surface area contributed by atoms with E-state index in [1.54, 1.807) is 18.3 Å². The molecule has 0 aliphatic heterocycles. The second-order valence-electron chi connectivity index (χ2n) is 5.22. The molecule has 25 heavy (non-hydrogen) atoms. The molecule has 0 saturated heterocycles. The number of fused-ring (bicyclic) bond motifs is 1. The fourth-order valence-corrected chi connectivity index (χ4v) is 3.24. The molecule has 2 aromatic heterocycles. The number of benzene rings is 2. The maximum Gasteiger partial charge on any atom is 0.270 e. The van der Waals surface area contributed by atoms with Gasteiger partial charge in [0.05, 0.1) is 10.4 Å². The number of nitro groups is 1. The topological polar surface area (TPSA) is 68.9 Å². The van der Waals surface area contributed by atoms with Crippen LogP contribution in [0, 0.1) is 10.1 Å². The number of hydrogen-bond acceptors (Lipinski definition) is 5. The van der Waals surface area contributed by atoms with Crippen LogP contribution in [-0.4, -0.2) is 14.9 Å². The minimum atomic E-state index is -0.386. The molecule has 0 amide bonds. The molecule has 0 fully saturated rings. The van der Waals surface area contributed by atoms with Crippen LogP contribution in [0.15, 0.2) is 66.2 Å². The fraction of sp³-hybridized carbons (Fsp3) is 0. The van der Waals surface area contributed by atoms with E-state index >= 15 is 0 Å². The second-order valence-corrected chi connectivity index (χ2v) is 6.11. The summed E-state index contributed by atoms with van der Waals surface area (Å²) in [6.45, 7) is 0. The number of rotatable bonds is 3. The van der Waals surface area contributed by atoms with E-state index in [1.807, 2.05) is 41.8 Å². The highest BCUT2D eigenvalue weighted by molar-refractivity contribution is 7.13. The third-order valence-electron chi connectivity index (χ3n) is 3.74. The first kappa shape index (κ1) is 17.0. The summed E-state index contributed by atoms with van der Waals surface area (Å²) in [5.74, 6) is 0. The monoisotopic (exact) mass is 369 g/mol. The first-order valence-corrected chi connectivity index (χ1v) is 8.15. The normalized spacial score (nSPS) is 10.4. The summed E-state index contributed by atoms with van der Waals surface area (Å²) >= 11 is 1.51. The van der Waals surface area contributed by atoms with Crippen LogP contribution < -0.4 is 0 Å². The van der Waals surface area contributed by atoms with E-state index in [1.165, 1.54) is 17.4 Å². The van der Waals surface area contributed by atoms with Crippen molar-refractivity contribution in [2.75, 3.05) is 0 Å². The number of pyridine rings is 1. The van der Waals surface area contributed by atoms with Gasteiger partial charge in [-0.3, -0.25) is 10.1 Å². The number of hydrogen-bond donors (Lipinski definition) is 0. The van der Waals surface area contributed by atoms with Crippen LogP contribution in [0.3, 0.4) is 0 Å². The van der Waals surface area contributed by atoms with Crippen LogP contribution in [0.2, 0.25) is 0 Å². The van der Waals surface area contributed by atoms with Crippen molar-refractivity contribution in [1.82, 2.24) is 9.97 Å². The average Bonchev–Trinajstić information content (AvgIpc) is 3.15. The Bertz CT molecular complexity index is 1040. The van der Waals surface area contributed by atoms with Crippen LogP contribution in [0.4, 0.5) is 5.69 Å². The van der Waals surface area contributed by atoms with Crippen molar-refractivity contribution in [1.29, 1.82) is 0 Å². The third kappa shape index (κ3) is 3.22. The van der Waals surface area contributed by atoms with Crippen molar-refractivity contribution in [2.24, 2.45) is 0 Å². The summed E-state index contributed by atoms with van der Waals surface area (Å²) in [5, 5.41) is 14.6. The lowest BCUT2D eigenvalue weighted by atomic mass is 10.00. The average molecular weight is 370 g/mol. The molecule has 0 radical (unpaired) electrons. The Balaban J connectivity index is 0.00000182. The molecule has 0 aliphatic carbocycles. The van der Waals surface area contributed by atoms with E-state index in [2.05, 4.69) is 9.97 Å². The van der Waals surface area contributed by atoms with E-state index < -0.39 is 0 Å². The zero-order valence-electron chi connectivity index (χ0n) is 12.8. The fourth-order valence-electron chi connectivity index (χ4n) is 2.64. The third-order valence-corrected chi connectivity index (χ3v) is 4.53. The largest absolute Gasteiger partial charge is 0.270 e. The standard InChI is InChI=1S/C18H11N3O2S.ClH/c22-21(23)13-6-7-16-15(10-13)14(12-4-2-1-3-5-12)11-17(20-16)18-19-8-9-24-18;/h1-11H;1H. The van der Waals surface area contributed by atoms with Crippen LogP contribution in [0.5, 0.6) is 0 Å². The molecule has 7 heteroatoms. The summed E-state index contributed by atoms with van der Waals surface area (Å²) in [5.41, 5.74) is 3.44. The Morgan fingerprint density at radius 2 is 1.84 bits per heavy atom. The highest BCUT2D eigenvalue weighted by Gasteiger charge is 2.14. The number of aromatic nitrogens is 2. The highest BCUT2D eigenvalue weighted by Crippen LogP contribution is 2.34. The maximum absolute atomic E-state index is 11.1. The molecule has 2 aromatic carbocycles. The molecule has 0 atom stereocenters. The Morgan fingerprint density at radius 3 is 2.52 bits per heavy atom. The molecule has 0 spiro atoms. The van der Waals surface area contributed by atoms with E-state index in [0.29, 0.717) is 5.52 Å². The number of halogens is 1. The molecule has 0 aliphatic rings. The molecule has 5 nitrogen and oxygen atoms in total. The second kappa shape index (κ2) is 6.96. The van der Waals surface area contributed by atoms with Crippen LogP contribution in [0.25, 0.3) is 32.7 Å². The van der Waals surface area contributed by atoms with Crippen LogP contribution in [-0.2, 0) is 0 Å². The van der Waals surface area contributed by atoms with Crippen LogP contribution in [0.1, 0.15) is 0 Å². The van der Waals surface area contributed by atoms with E-state index in [-0.39, 0.29) is 23.0 Å². The van der Waals surface area contributed by atoms with Crippen molar-refractivity contribution in [3.05, 3.63) is 76.3 Å². The molecule has 124 valence electrons. The van der Waals surface area contributed by atoms with Gasteiger partial charge in [-0.1, -0.05) is 30.3 Å². The van der Waals surface area contributed by atoms with Gasteiger partial charge in [-0.05, 0) is 23.3 Å². The van der Waals surface area contributed by atoms with Gasteiger partial charge in [0, 0.05) is 29.1 Å². The van der Waals surface area contributed by atoms with Gasteiger partial charge in [-0.15, -0.1) is 23.7 Å². The van der Waals surface area contributed by atoms with Crippen molar-refractivity contribution in [2.45, 2.75) is 0 Å². The summed E-state index contributed by atoms with van der Waals surface area (Å²) in [6.07, 6.45) is 1.74. The van der Waals surface area contributed by atoms with Gasteiger partial charge >= 0.3 is 0 Å². The number of thiazole rings is 1. The predicted octanol–water partition coefficient (Wildman–Crippen LogP) is 5.36. The van der Waals surface area contributed by atoms with Crippen molar-refractivity contribution < 1.29 is 4.92 Å². The van der Waals surface area contributed by atoms with Gasteiger partial charge in [0.1, 0.15) is 10.7 Å². The van der Waals surface area contributed by atoms with Gasteiger partial charge in [-0.2, -0.15) is 0 Å². The Hall–Kier alpha value is -2.83. The number of nitro benzene ring substituents is 1. The zero-order valence-corrected chi connectivity index (χ0v) is 14.5. The number of non-ortho nitro benzene ring substituents is 1. The lowest BCUT2D eigenvalue weighted by Crippen LogP contribution is -1.92. The quantitative estimate of drug-likeness (QED) is 0.360. The maximum atomic E-state index is 11.1. The minimum Gasteiger partial charge on any atom is -0.258 e. The first-order valence-electron chi connectivity index (χ1n) is 7.27. The molecule has 0 bridgehead atoms. The Morgan fingerprint density at radius 1 is 1.04 bits per heavy atom. The van der Waals surface area contributed by atoms with E-state index in [0.717, 1.165) is 27.2 Å². The minimum absolute atomic E-state index is 0. The molecule has 2 heterocycles. The van der Waals surface area contributed by atoms with E-state index in [4.69, 9.17) is 0 Å². The summed E-state index contributed by atoms with van der Waals surface area (Å²) in [7, 11) is 0. The molecule has 4 rings (SSSR count). The molecular weight excluding hydrogens is 358 g/mol. The first-order chi connectivity index (χ1) is 11.7. The SMILES string of the molecule is Cl.O=[N+]([O-])c1ccc2nc(-c3nccs3)cc(-c3ccccc3)c2c1. The van der Waals surface area contributed by atoms with Crippen LogP contribution >= 0.6 is 23.7 Å². The van der Waals surface area contributed by atoms with Gasteiger partial charge in [0.25, 0.3) is 5.69 Å². The van der Waals surface area contributed by atoms with Gasteiger partial charge < -0.3 is 0 Å². The highest BCUT2D eigenvalue weighted by atomic mass is 35.5. The lowest BCUT2D eigenvalue weighted by molar-refractivity contribution is -0.384. The molecular formula is C18H12ClN3O2S. The van der Waals surface area contributed by atoms with Gasteiger partial charge in [0.2, 0.25) is 0 Å². The van der Waals surface area contributed by atoms with Crippen molar-refractivity contribution in [3.63, 3.8) is 0 Å². The summed E-state index contributed by atoms with van der Waals surface area (Å²) in [6, 6.07) is 16.5. The molecule has 0 saturated carbocycles. The smallest absolute Gasteiger partial charge is 0.258 e. The Labute approximate surface area is 153 Å². The van der Waals surface area contributed by atoms with Crippen molar-refractivity contribution in [3.8, 4) is 21.8 Å². The molecule has 0 unspecified atom stereocenters. The van der Waals surface area contributed by atoms with Gasteiger partial charge in [-0.25, -0.2) is 9.97 Å². The van der Waals surface area contributed by atoms with E-state index in [9.17, 15) is 10.1 Å². The van der Waals surface area contributed by atoms with Crippen molar-refractivity contribution >= 4 is 40.3 Å². The van der Waals surface area contributed by atoms with Gasteiger partial charge in [0.15, 0.2) is 0 Å². The molecule has 0 N–H and O–H groups in total. The lowest BCUT2D eigenvalue weighted by Gasteiger charge is -2.09. The Kier molecular flexibility index (Phi) is 4.74.